The summed E-state index contributed by atoms with van der Waals surface area (Å²) in [5.41, 5.74) is 0. The number of piperidine rings is 1. The molecule has 1 saturated carbocycles. The summed E-state index contributed by atoms with van der Waals surface area (Å²) in [5.74, 6) is 1.07. The molecule has 0 radical (unpaired) electrons. The predicted octanol–water partition coefficient (Wildman–Crippen LogP) is 1.39. The SMILES string of the molecule is CC(NCCC(=O)N1CCN(C)CC1)C1CCCN(C2CCC2)C1. The lowest BCUT2D eigenvalue weighted by Crippen LogP contribution is -2.50. The number of nitrogens with zero attached hydrogens (tertiary/aromatic N) is 3. The topological polar surface area (TPSA) is 38.8 Å². The van der Waals surface area contributed by atoms with Crippen molar-refractivity contribution < 1.29 is 4.79 Å². The summed E-state index contributed by atoms with van der Waals surface area (Å²) in [6, 6.07) is 1.40. The van der Waals surface area contributed by atoms with Crippen LogP contribution in [0.1, 0.15) is 45.4 Å². The van der Waals surface area contributed by atoms with Gasteiger partial charge in [0.1, 0.15) is 0 Å². The van der Waals surface area contributed by atoms with Gasteiger partial charge in [-0.2, -0.15) is 0 Å². The Morgan fingerprint density at radius 1 is 1.08 bits per heavy atom. The smallest absolute Gasteiger partial charge is 0.223 e. The van der Waals surface area contributed by atoms with Crippen LogP contribution in [0.4, 0.5) is 0 Å². The van der Waals surface area contributed by atoms with E-state index in [-0.39, 0.29) is 0 Å². The predicted molar refractivity (Wildman–Crippen MR) is 98.1 cm³/mol. The van der Waals surface area contributed by atoms with Gasteiger partial charge in [0, 0.05) is 57.8 Å². The summed E-state index contributed by atoms with van der Waals surface area (Å²) in [5, 5.41) is 3.64. The number of hydrogen-bond donors (Lipinski definition) is 1. The molecule has 1 amide bonds. The van der Waals surface area contributed by atoms with E-state index in [4.69, 9.17) is 0 Å². The van der Waals surface area contributed by atoms with Gasteiger partial charge < -0.3 is 20.0 Å². The van der Waals surface area contributed by atoms with Crippen LogP contribution in [0.15, 0.2) is 0 Å². The summed E-state index contributed by atoms with van der Waals surface area (Å²) in [6.45, 7) is 9.50. The largest absolute Gasteiger partial charge is 0.340 e. The Balaban J connectivity index is 1.34. The molecular formula is C19H36N4O. The fourth-order valence-corrected chi connectivity index (χ4v) is 4.32. The highest BCUT2D eigenvalue weighted by Crippen LogP contribution is 2.30. The standard InChI is InChI=1S/C19H36N4O/c1-16(17-5-4-10-23(15-17)18-6-3-7-18)20-9-8-19(24)22-13-11-21(2)12-14-22/h16-18,20H,3-15H2,1-2H3. The number of carbonyl (C=O) groups is 1. The van der Waals surface area contributed by atoms with E-state index in [1.807, 2.05) is 4.90 Å². The molecule has 0 aromatic carbocycles. The van der Waals surface area contributed by atoms with Crippen molar-refractivity contribution in [2.75, 3.05) is 52.9 Å². The zero-order valence-electron chi connectivity index (χ0n) is 15.7. The fourth-order valence-electron chi connectivity index (χ4n) is 4.32. The third kappa shape index (κ3) is 4.70. The van der Waals surface area contributed by atoms with E-state index in [2.05, 4.69) is 29.1 Å². The molecule has 2 saturated heterocycles. The van der Waals surface area contributed by atoms with Gasteiger partial charge in [0.2, 0.25) is 5.91 Å². The van der Waals surface area contributed by atoms with Gasteiger partial charge in [-0.3, -0.25) is 4.79 Å². The lowest BCUT2D eigenvalue weighted by molar-refractivity contribution is -0.132. The molecule has 5 nitrogen and oxygen atoms in total. The minimum absolute atomic E-state index is 0.322. The van der Waals surface area contributed by atoms with Crippen LogP contribution in [-0.2, 0) is 4.79 Å². The van der Waals surface area contributed by atoms with Gasteiger partial charge in [-0.05, 0) is 52.1 Å². The molecule has 3 aliphatic rings. The molecule has 1 N–H and O–H groups in total. The number of likely N-dealkylation sites (N-methyl/N-ethyl adjacent to an activating group) is 1. The molecule has 0 spiro atoms. The summed E-state index contributed by atoms with van der Waals surface area (Å²) in [7, 11) is 2.13. The maximum Gasteiger partial charge on any atom is 0.223 e. The van der Waals surface area contributed by atoms with Crippen molar-refractivity contribution in [1.82, 2.24) is 20.0 Å². The Labute approximate surface area is 147 Å². The minimum Gasteiger partial charge on any atom is -0.340 e. The molecular weight excluding hydrogens is 300 g/mol. The monoisotopic (exact) mass is 336 g/mol. The average molecular weight is 337 g/mol. The fraction of sp³-hybridized carbons (Fsp3) is 0.947. The summed E-state index contributed by atoms with van der Waals surface area (Å²) in [6.07, 6.45) is 7.57. The first kappa shape index (κ1) is 18.2. The van der Waals surface area contributed by atoms with E-state index < -0.39 is 0 Å². The first-order valence-corrected chi connectivity index (χ1v) is 10.1. The van der Waals surface area contributed by atoms with Crippen molar-refractivity contribution in [2.24, 2.45) is 5.92 Å². The molecule has 0 aromatic heterocycles. The second-order valence-corrected chi connectivity index (χ2v) is 8.16. The zero-order chi connectivity index (χ0) is 16.9. The van der Waals surface area contributed by atoms with Crippen LogP contribution in [0, 0.1) is 5.92 Å². The Kier molecular flexibility index (Phi) is 6.53. The molecule has 5 heteroatoms. The molecule has 0 bridgehead atoms. The highest BCUT2D eigenvalue weighted by atomic mass is 16.2. The molecule has 2 heterocycles. The van der Waals surface area contributed by atoms with Gasteiger partial charge in [0.15, 0.2) is 0 Å². The molecule has 1 aliphatic carbocycles. The number of nitrogens with one attached hydrogen (secondary N) is 1. The molecule has 3 rings (SSSR count). The van der Waals surface area contributed by atoms with Crippen molar-refractivity contribution in [2.45, 2.75) is 57.5 Å². The maximum absolute atomic E-state index is 12.3. The van der Waals surface area contributed by atoms with E-state index in [9.17, 15) is 4.79 Å². The normalized spacial score (nSPS) is 28.6. The van der Waals surface area contributed by atoms with Crippen LogP contribution in [-0.4, -0.2) is 85.6 Å². The van der Waals surface area contributed by atoms with Crippen molar-refractivity contribution in [1.29, 1.82) is 0 Å². The number of rotatable bonds is 6. The summed E-state index contributed by atoms with van der Waals surface area (Å²) >= 11 is 0. The lowest BCUT2D eigenvalue weighted by Gasteiger charge is -2.44. The van der Waals surface area contributed by atoms with E-state index in [0.717, 1.165) is 44.7 Å². The minimum atomic E-state index is 0.322. The van der Waals surface area contributed by atoms with Gasteiger partial charge in [0.05, 0.1) is 0 Å². The van der Waals surface area contributed by atoms with Crippen molar-refractivity contribution in [3.05, 3.63) is 0 Å². The summed E-state index contributed by atoms with van der Waals surface area (Å²) < 4.78 is 0. The maximum atomic E-state index is 12.3. The van der Waals surface area contributed by atoms with Crippen molar-refractivity contribution in [3.63, 3.8) is 0 Å². The van der Waals surface area contributed by atoms with E-state index in [1.165, 1.54) is 45.2 Å². The first-order valence-electron chi connectivity index (χ1n) is 10.1. The highest BCUT2D eigenvalue weighted by molar-refractivity contribution is 5.76. The van der Waals surface area contributed by atoms with Gasteiger partial charge in [-0.1, -0.05) is 6.42 Å². The Morgan fingerprint density at radius 3 is 2.50 bits per heavy atom. The molecule has 2 atom stereocenters. The average Bonchev–Trinajstić information content (AvgIpc) is 2.54. The number of likely N-dealkylation sites (tertiary alicyclic amines) is 1. The van der Waals surface area contributed by atoms with Crippen LogP contribution in [0.5, 0.6) is 0 Å². The third-order valence-electron chi connectivity index (χ3n) is 6.45. The Hall–Kier alpha value is -0.650. The molecule has 138 valence electrons. The van der Waals surface area contributed by atoms with Crippen LogP contribution >= 0.6 is 0 Å². The molecule has 24 heavy (non-hydrogen) atoms. The first-order chi connectivity index (χ1) is 11.6. The lowest BCUT2D eigenvalue weighted by atomic mass is 9.85. The number of amides is 1. The highest BCUT2D eigenvalue weighted by Gasteiger charge is 2.31. The van der Waals surface area contributed by atoms with E-state index in [1.54, 1.807) is 0 Å². The quantitative estimate of drug-likeness (QED) is 0.796. The molecule has 2 aliphatic heterocycles. The van der Waals surface area contributed by atoms with E-state index >= 15 is 0 Å². The molecule has 2 unspecified atom stereocenters. The van der Waals surface area contributed by atoms with E-state index in [0.29, 0.717) is 18.4 Å². The van der Waals surface area contributed by atoms with Crippen molar-refractivity contribution >= 4 is 5.91 Å². The molecule has 0 aromatic rings. The number of piperazine rings is 1. The number of hydrogen-bond acceptors (Lipinski definition) is 4. The van der Waals surface area contributed by atoms with Gasteiger partial charge in [-0.25, -0.2) is 0 Å². The van der Waals surface area contributed by atoms with Crippen LogP contribution in [0.2, 0.25) is 0 Å². The van der Waals surface area contributed by atoms with Crippen LogP contribution < -0.4 is 5.32 Å². The Morgan fingerprint density at radius 2 is 1.83 bits per heavy atom. The molecule has 3 fully saturated rings. The second-order valence-electron chi connectivity index (χ2n) is 8.16. The van der Waals surface area contributed by atoms with Crippen molar-refractivity contribution in [3.8, 4) is 0 Å². The van der Waals surface area contributed by atoms with Crippen LogP contribution in [0.25, 0.3) is 0 Å². The second kappa shape index (κ2) is 8.63. The third-order valence-corrected chi connectivity index (χ3v) is 6.45. The van der Waals surface area contributed by atoms with Crippen LogP contribution in [0.3, 0.4) is 0 Å². The Bertz CT molecular complexity index is 404. The zero-order valence-corrected chi connectivity index (χ0v) is 15.7. The van der Waals surface area contributed by atoms with Gasteiger partial charge in [-0.15, -0.1) is 0 Å². The number of carbonyl (C=O) groups excluding carboxylic acids is 1. The van der Waals surface area contributed by atoms with Gasteiger partial charge >= 0.3 is 0 Å². The van der Waals surface area contributed by atoms with Gasteiger partial charge in [0.25, 0.3) is 0 Å². The summed E-state index contributed by atoms with van der Waals surface area (Å²) in [4.78, 5) is 19.4.